The molecule has 14 nitrogen and oxygen atoms in total. The molecule has 0 bridgehead atoms. The van der Waals surface area contributed by atoms with Gasteiger partial charge in [-0.1, -0.05) is 0 Å². The van der Waals surface area contributed by atoms with E-state index in [-0.39, 0.29) is 63.5 Å². The average Bonchev–Trinajstić information content (AvgIpc) is 3.98. The molecule has 0 radical (unpaired) electrons. The number of ketones is 2. The molecule has 8 rings (SSSR count). The molecule has 4 saturated heterocycles. The minimum atomic E-state index is -2.08. The van der Waals surface area contributed by atoms with E-state index in [1.165, 1.54) is 19.1 Å². The summed E-state index contributed by atoms with van der Waals surface area (Å²) in [7, 11) is 7.18. The van der Waals surface area contributed by atoms with Crippen molar-refractivity contribution in [3.05, 3.63) is 73.1 Å². The molecule has 56 heavy (non-hydrogen) atoms. The molecule has 5 aliphatic rings. The summed E-state index contributed by atoms with van der Waals surface area (Å²) in [6.07, 6.45) is -5.11. The van der Waals surface area contributed by atoms with Crippen LogP contribution in [-0.2, 0) is 24.5 Å². The van der Waals surface area contributed by atoms with Gasteiger partial charge < -0.3 is 53.6 Å². The van der Waals surface area contributed by atoms with Gasteiger partial charge in [-0.25, -0.2) is 0 Å². The summed E-state index contributed by atoms with van der Waals surface area (Å²) in [6.45, 7) is 12.2. The summed E-state index contributed by atoms with van der Waals surface area (Å²) < 4.78 is 30.9. The fourth-order valence-electron chi connectivity index (χ4n) is 9.46. The quantitative estimate of drug-likeness (QED) is 0.208. The Bertz CT molecular complexity index is 2260. The van der Waals surface area contributed by atoms with E-state index in [0.29, 0.717) is 11.1 Å². The molecule has 3 aromatic rings. The Kier molecular flexibility index (Phi) is 8.74. The maximum atomic E-state index is 15.2. The molecule has 5 heterocycles. The second kappa shape index (κ2) is 12.5. The van der Waals surface area contributed by atoms with Crippen LogP contribution in [0, 0.1) is 6.92 Å². The van der Waals surface area contributed by atoms with Crippen LogP contribution < -0.4 is 5.43 Å². The van der Waals surface area contributed by atoms with Crippen molar-refractivity contribution in [1.82, 2.24) is 9.80 Å². The number of hydrogen-bond acceptors (Lipinski definition) is 14. The Morgan fingerprint density at radius 1 is 0.821 bits per heavy atom. The number of epoxide rings is 2. The number of aromatic hydroxyl groups is 1. The molecule has 0 unspecified atom stereocenters. The van der Waals surface area contributed by atoms with E-state index in [9.17, 15) is 25.2 Å². The zero-order chi connectivity index (χ0) is 40.9. The van der Waals surface area contributed by atoms with E-state index >= 15 is 9.59 Å². The van der Waals surface area contributed by atoms with Crippen molar-refractivity contribution in [2.45, 2.75) is 133 Å². The smallest absolute Gasteiger partial charge is 0.202 e. The lowest BCUT2D eigenvalue weighted by atomic mass is 9.74. The molecular weight excluding hydrogens is 724 g/mol. The normalized spacial score (nSPS) is 37.6. The predicted octanol–water partition coefficient (Wildman–Crippen LogP) is 3.37. The van der Waals surface area contributed by atoms with Crippen molar-refractivity contribution in [3.8, 4) is 5.75 Å². The van der Waals surface area contributed by atoms with Gasteiger partial charge in [0.1, 0.15) is 35.4 Å². The fraction of sp³-hybridized carbons (Fsp3) is 0.595. The highest BCUT2D eigenvalue weighted by molar-refractivity contribution is 6.33. The second-order valence-corrected chi connectivity index (χ2v) is 18.0. The standard InChI is InChI=1S/C42H52N2O12/c1-17-12-21-29(35-27(17)23(45)15-26(53-35)41(6)37(56-41)36-39(3,4)55-36)34(49)30-28(33(21)48)19(24-14-22(43(8)9)31(46)18(2)52-24)13-20(32(30)47)25-16-40(5,44(10)11)38(50)42(7,51)54-25/h12-13,15,18,22,24-25,31,36-38,46-47,50-51H,14,16H2,1-11H3/t18-,22-,24+,25-,31-,36+,37-,38-,40-,41-,42+/m1/s1. The highest BCUT2D eigenvalue weighted by Crippen LogP contribution is 2.57. The number of benzene rings is 2. The number of nitrogens with zero attached hydrogens (tertiary/aromatic N) is 2. The first-order chi connectivity index (χ1) is 25.9. The number of aliphatic hydroxyl groups is 3. The van der Waals surface area contributed by atoms with Gasteiger partial charge in [0.25, 0.3) is 0 Å². The molecule has 0 amide bonds. The van der Waals surface area contributed by atoms with Crippen molar-refractivity contribution in [3.63, 3.8) is 0 Å². The number of phenolic OH excluding ortho intramolecular Hbond substituents is 1. The molecule has 11 atom stereocenters. The number of hydrogen-bond donors (Lipinski definition) is 4. The van der Waals surface area contributed by atoms with Crippen LogP contribution in [0.5, 0.6) is 5.75 Å². The summed E-state index contributed by atoms with van der Waals surface area (Å²) in [4.78, 5) is 47.7. The molecule has 1 aliphatic carbocycles. The maximum absolute atomic E-state index is 15.2. The minimum Gasteiger partial charge on any atom is -0.507 e. The van der Waals surface area contributed by atoms with Crippen LogP contribution in [0.2, 0.25) is 0 Å². The lowest BCUT2D eigenvalue weighted by Crippen LogP contribution is -2.65. The molecule has 302 valence electrons. The van der Waals surface area contributed by atoms with Gasteiger partial charge in [-0.15, -0.1) is 0 Å². The monoisotopic (exact) mass is 776 g/mol. The number of aryl methyl sites for hydroxylation is 1. The molecular formula is C42H52N2O12. The van der Waals surface area contributed by atoms with Gasteiger partial charge in [-0.2, -0.15) is 0 Å². The van der Waals surface area contributed by atoms with E-state index in [1.807, 2.05) is 32.8 Å². The second-order valence-electron chi connectivity index (χ2n) is 18.0. The van der Waals surface area contributed by atoms with E-state index < -0.39 is 87.9 Å². The molecule has 4 fully saturated rings. The van der Waals surface area contributed by atoms with Crippen molar-refractivity contribution in [1.29, 1.82) is 0 Å². The van der Waals surface area contributed by atoms with E-state index in [4.69, 9.17) is 23.4 Å². The molecule has 4 aliphatic heterocycles. The highest BCUT2D eigenvalue weighted by Gasteiger charge is 2.70. The largest absolute Gasteiger partial charge is 0.507 e. The van der Waals surface area contributed by atoms with Gasteiger partial charge in [0.2, 0.25) is 5.78 Å². The molecule has 2 aromatic carbocycles. The fourth-order valence-corrected chi connectivity index (χ4v) is 9.46. The summed E-state index contributed by atoms with van der Waals surface area (Å²) in [5.41, 5.74) is -2.76. The first-order valence-corrected chi connectivity index (χ1v) is 19.2. The number of ether oxygens (including phenoxy) is 4. The third-order valence-electron chi connectivity index (χ3n) is 13.3. The van der Waals surface area contributed by atoms with Gasteiger partial charge in [0.15, 0.2) is 22.6 Å². The van der Waals surface area contributed by atoms with Gasteiger partial charge in [0.05, 0.1) is 52.1 Å². The summed E-state index contributed by atoms with van der Waals surface area (Å²) in [6, 6.07) is 4.05. The molecule has 1 aromatic heterocycles. The van der Waals surface area contributed by atoms with E-state index in [2.05, 4.69) is 0 Å². The number of fused-ring (bicyclic) bond motifs is 4. The van der Waals surface area contributed by atoms with Gasteiger partial charge in [0, 0.05) is 28.8 Å². The van der Waals surface area contributed by atoms with Crippen molar-refractivity contribution in [2.24, 2.45) is 0 Å². The van der Waals surface area contributed by atoms with Crippen LogP contribution in [0.1, 0.15) is 121 Å². The van der Waals surface area contributed by atoms with Gasteiger partial charge in [-0.05, 0) is 113 Å². The van der Waals surface area contributed by atoms with Crippen molar-refractivity contribution < 1.29 is 53.4 Å². The van der Waals surface area contributed by atoms with Gasteiger partial charge >= 0.3 is 0 Å². The Morgan fingerprint density at radius 2 is 1.48 bits per heavy atom. The van der Waals surface area contributed by atoms with Crippen LogP contribution in [0.4, 0.5) is 0 Å². The first-order valence-electron chi connectivity index (χ1n) is 19.2. The third-order valence-corrected chi connectivity index (χ3v) is 13.3. The van der Waals surface area contributed by atoms with E-state index in [1.54, 1.807) is 52.8 Å². The SMILES string of the molecule is Cc1cc2c(c3oc([C@@]4(C)O[C@@H]4[C@@H]4OC4(C)C)cc(=O)c13)C(=O)c1c(O)c([C@H]3C[C@@](C)(N(C)C)[C@@H](O)[C@@](C)(O)O3)cc([C@@H]3C[C@@H](N(C)C)[C@H](O)[C@@H](C)O3)c1C2=O. The number of phenols is 1. The number of rotatable bonds is 6. The van der Waals surface area contributed by atoms with Crippen LogP contribution in [0.3, 0.4) is 0 Å². The molecule has 0 saturated carbocycles. The highest BCUT2D eigenvalue weighted by atomic mass is 16.7. The van der Waals surface area contributed by atoms with Crippen molar-refractivity contribution >= 4 is 22.5 Å². The van der Waals surface area contributed by atoms with Crippen molar-refractivity contribution in [2.75, 3.05) is 28.2 Å². The summed E-state index contributed by atoms with van der Waals surface area (Å²) in [5, 5.41) is 46.2. The number of carbonyl (C=O) groups is 2. The molecule has 14 heteroatoms. The average molecular weight is 777 g/mol. The zero-order valence-electron chi connectivity index (χ0n) is 33.7. The van der Waals surface area contributed by atoms with Crippen LogP contribution >= 0.6 is 0 Å². The van der Waals surface area contributed by atoms with Gasteiger partial charge in [-0.3, -0.25) is 14.4 Å². The number of carbonyl (C=O) groups excluding carboxylic acids is 2. The summed E-state index contributed by atoms with van der Waals surface area (Å²) >= 11 is 0. The van der Waals surface area contributed by atoms with Crippen LogP contribution in [-0.4, -0.2) is 123 Å². The number of aliphatic hydroxyl groups excluding tert-OH is 2. The maximum Gasteiger partial charge on any atom is 0.202 e. The third kappa shape index (κ3) is 5.59. The Labute approximate surface area is 324 Å². The summed E-state index contributed by atoms with van der Waals surface area (Å²) in [5.74, 6) is -3.78. The lowest BCUT2D eigenvalue weighted by molar-refractivity contribution is -0.322. The predicted molar refractivity (Wildman–Crippen MR) is 202 cm³/mol. The molecule has 0 spiro atoms. The minimum absolute atomic E-state index is 0.000477. The Morgan fingerprint density at radius 3 is 2.09 bits per heavy atom. The zero-order valence-corrected chi connectivity index (χ0v) is 33.7. The van der Waals surface area contributed by atoms with E-state index in [0.717, 1.165) is 0 Å². The van der Waals surface area contributed by atoms with Crippen LogP contribution in [0.25, 0.3) is 11.0 Å². The van der Waals surface area contributed by atoms with Crippen LogP contribution in [0.15, 0.2) is 27.4 Å². The molecule has 4 N–H and O–H groups in total. The Balaban J connectivity index is 1.35. The Hall–Kier alpha value is -3.57. The topological polar surface area (TPSA) is 195 Å². The lowest BCUT2D eigenvalue weighted by Gasteiger charge is -2.52. The first kappa shape index (κ1) is 39.3. The number of likely N-dealkylation sites (N-methyl/N-ethyl adjacent to an activating group) is 2.